The van der Waals surface area contributed by atoms with Gasteiger partial charge in [0.15, 0.2) is 11.5 Å². The van der Waals surface area contributed by atoms with Gasteiger partial charge in [-0.05, 0) is 64.4 Å². The minimum Gasteiger partial charge on any atom is -0.366 e. The van der Waals surface area contributed by atoms with E-state index in [1.807, 2.05) is 19.9 Å². The minimum absolute atomic E-state index is 0.149. The maximum absolute atomic E-state index is 13.2. The average Bonchev–Trinajstić information content (AvgIpc) is 3.17. The Bertz CT molecular complexity index is 1650. The zero-order valence-electron chi connectivity index (χ0n) is 23.0. The molecule has 1 saturated heterocycles. The number of rotatable bonds is 7. The van der Waals surface area contributed by atoms with E-state index in [1.165, 1.54) is 27.3 Å². The van der Waals surface area contributed by atoms with Crippen molar-refractivity contribution in [3.8, 4) is 5.82 Å². The molecule has 11 nitrogen and oxygen atoms in total. The van der Waals surface area contributed by atoms with E-state index in [-0.39, 0.29) is 23.7 Å². The van der Waals surface area contributed by atoms with Gasteiger partial charge in [-0.15, -0.1) is 11.7 Å². The Labute approximate surface area is 226 Å². The first-order valence-electron chi connectivity index (χ1n) is 13.2. The van der Waals surface area contributed by atoms with Crippen LogP contribution in [0.15, 0.2) is 58.8 Å². The topological polar surface area (TPSA) is 115 Å². The molecule has 4 heterocycles. The number of fused-ring (bicyclic) bond motifs is 1. The lowest BCUT2D eigenvalue weighted by Gasteiger charge is -2.40. The molecule has 3 aromatic heterocycles. The van der Waals surface area contributed by atoms with Crippen molar-refractivity contribution in [3.63, 3.8) is 0 Å². The number of hydrogen-bond acceptors (Lipinski definition) is 8. The summed E-state index contributed by atoms with van der Waals surface area (Å²) >= 11 is 0. The highest BCUT2D eigenvalue weighted by Crippen LogP contribution is 2.28. The number of aryl methyl sites for hydroxylation is 1. The van der Waals surface area contributed by atoms with Gasteiger partial charge in [0.1, 0.15) is 5.39 Å². The Morgan fingerprint density at radius 1 is 1.21 bits per heavy atom. The van der Waals surface area contributed by atoms with E-state index in [1.54, 1.807) is 16.8 Å². The quantitative estimate of drug-likeness (QED) is 0.351. The molecule has 11 heteroatoms. The van der Waals surface area contributed by atoms with Gasteiger partial charge in [0.2, 0.25) is 5.95 Å². The second-order valence-electron chi connectivity index (χ2n) is 10.4. The smallest absolute Gasteiger partial charge is 0.278 e. The Hall–Kier alpha value is -4.25. The number of nitrogens with zero attached hydrogens (tertiary/aromatic N) is 7. The number of piperazine rings is 1. The lowest BCUT2D eigenvalue weighted by Crippen LogP contribution is -2.54. The molecule has 1 aliphatic heterocycles. The average molecular weight is 530 g/mol. The van der Waals surface area contributed by atoms with E-state index in [0.717, 1.165) is 24.3 Å². The van der Waals surface area contributed by atoms with Crippen molar-refractivity contribution in [1.82, 2.24) is 34.4 Å². The summed E-state index contributed by atoms with van der Waals surface area (Å²) < 4.78 is 4.49. The fraction of sp³-hybridized carbons (Fsp3) is 0.393. The van der Waals surface area contributed by atoms with Crippen LogP contribution in [0.5, 0.6) is 0 Å². The van der Waals surface area contributed by atoms with Gasteiger partial charge in [-0.3, -0.25) is 9.59 Å². The second kappa shape index (κ2) is 10.5. The molecule has 0 bridgehead atoms. The van der Waals surface area contributed by atoms with Crippen molar-refractivity contribution in [2.45, 2.75) is 59.3 Å². The molecule has 0 amide bonds. The number of allylic oxidation sites excluding steroid dienone is 1. The lowest BCUT2D eigenvalue weighted by atomic mass is 10.1. The summed E-state index contributed by atoms with van der Waals surface area (Å²) in [5, 5.41) is 11.7. The lowest BCUT2D eigenvalue weighted by molar-refractivity contribution is 0.425. The van der Waals surface area contributed by atoms with Gasteiger partial charge in [-0.2, -0.15) is 4.98 Å². The summed E-state index contributed by atoms with van der Waals surface area (Å²) in [4.78, 5) is 37.1. The van der Waals surface area contributed by atoms with E-state index >= 15 is 0 Å². The van der Waals surface area contributed by atoms with Gasteiger partial charge in [0, 0.05) is 48.8 Å². The van der Waals surface area contributed by atoms with Crippen LogP contribution >= 0.6 is 0 Å². The summed E-state index contributed by atoms with van der Waals surface area (Å²) in [5.74, 6) is 0.752. The fourth-order valence-corrected chi connectivity index (χ4v) is 5.05. The van der Waals surface area contributed by atoms with Gasteiger partial charge in [0.05, 0.1) is 12.6 Å². The van der Waals surface area contributed by atoms with E-state index in [2.05, 4.69) is 65.1 Å². The largest absolute Gasteiger partial charge is 0.366 e. The van der Waals surface area contributed by atoms with Gasteiger partial charge >= 0.3 is 0 Å². The SMILES string of the molecule is C=CCn1c(=O)c2cnc(Nc3ccc(N4C[C@H](C)NC[C@H]4C)c(C)c3)nc2n1-c1ccc(=O)n(C(C)C)n1. The molecule has 2 N–H and O–H groups in total. The van der Waals surface area contributed by atoms with E-state index < -0.39 is 0 Å². The molecule has 5 rings (SSSR count). The maximum Gasteiger partial charge on any atom is 0.278 e. The summed E-state index contributed by atoms with van der Waals surface area (Å²) in [6.45, 7) is 16.2. The van der Waals surface area contributed by atoms with Crippen LogP contribution in [0, 0.1) is 6.92 Å². The van der Waals surface area contributed by atoms with Crippen LogP contribution in [0.2, 0.25) is 0 Å². The zero-order valence-corrected chi connectivity index (χ0v) is 23.0. The van der Waals surface area contributed by atoms with E-state index in [4.69, 9.17) is 4.98 Å². The molecule has 39 heavy (non-hydrogen) atoms. The number of aromatic nitrogens is 6. The van der Waals surface area contributed by atoms with Crippen LogP contribution in [-0.2, 0) is 6.54 Å². The molecule has 204 valence electrons. The summed E-state index contributed by atoms with van der Waals surface area (Å²) in [5.41, 5.74) is 3.11. The monoisotopic (exact) mass is 529 g/mol. The van der Waals surface area contributed by atoms with Crippen molar-refractivity contribution >= 4 is 28.4 Å². The number of nitrogens with one attached hydrogen (secondary N) is 2. The molecule has 2 atom stereocenters. The third-order valence-corrected chi connectivity index (χ3v) is 7.02. The van der Waals surface area contributed by atoms with Gasteiger partial charge in [-0.1, -0.05) is 6.08 Å². The van der Waals surface area contributed by atoms with E-state index in [9.17, 15) is 9.59 Å². The number of hydrogen-bond donors (Lipinski definition) is 2. The predicted molar refractivity (Wildman–Crippen MR) is 154 cm³/mol. The van der Waals surface area contributed by atoms with E-state index in [0.29, 0.717) is 34.9 Å². The van der Waals surface area contributed by atoms with Gasteiger partial charge < -0.3 is 15.5 Å². The Kier molecular flexibility index (Phi) is 7.09. The molecular weight excluding hydrogens is 494 g/mol. The predicted octanol–water partition coefficient (Wildman–Crippen LogP) is 3.14. The van der Waals surface area contributed by atoms with Crippen LogP contribution in [0.4, 0.5) is 17.3 Å². The highest BCUT2D eigenvalue weighted by Gasteiger charge is 2.24. The standard InChI is InChI=1S/C28H35N9O2/c1-7-12-35-27(39)22-15-30-28(32-26(22)37(35)24-10-11-25(38)36(33-24)17(2)3)31-21-8-9-23(18(4)13-21)34-16-19(5)29-14-20(34)6/h7-11,13,15,17,19-20,29H,1,12,14,16H2,2-6H3,(H,30,31,32)/t19-,20+/m0/s1. The molecule has 1 fully saturated rings. The van der Waals surface area contributed by atoms with Crippen LogP contribution in [-0.4, -0.2) is 54.3 Å². The van der Waals surface area contributed by atoms with Crippen LogP contribution in [0.25, 0.3) is 16.9 Å². The highest BCUT2D eigenvalue weighted by atomic mass is 16.1. The fourth-order valence-electron chi connectivity index (χ4n) is 5.05. The summed E-state index contributed by atoms with van der Waals surface area (Å²) in [7, 11) is 0. The molecular formula is C28H35N9O2. The van der Waals surface area contributed by atoms with Crippen LogP contribution < -0.4 is 26.7 Å². The first kappa shape index (κ1) is 26.4. The first-order chi connectivity index (χ1) is 18.7. The molecule has 0 spiro atoms. The minimum atomic E-state index is -0.264. The normalized spacial score (nSPS) is 17.6. The van der Waals surface area contributed by atoms with Crippen molar-refractivity contribution < 1.29 is 0 Å². The van der Waals surface area contributed by atoms with Crippen molar-refractivity contribution in [2.24, 2.45) is 0 Å². The molecule has 1 aromatic carbocycles. The van der Waals surface area contributed by atoms with Crippen LogP contribution in [0.3, 0.4) is 0 Å². The van der Waals surface area contributed by atoms with Crippen molar-refractivity contribution in [3.05, 3.63) is 75.5 Å². The summed E-state index contributed by atoms with van der Waals surface area (Å²) in [6, 6.07) is 9.95. The molecule has 0 radical (unpaired) electrons. The Balaban J connectivity index is 1.54. The molecule has 1 aliphatic rings. The van der Waals surface area contributed by atoms with Gasteiger partial charge in [-0.25, -0.2) is 19.0 Å². The third kappa shape index (κ3) is 4.97. The van der Waals surface area contributed by atoms with Crippen molar-refractivity contribution in [2.75, 3.05) is 23.3 Å². The van der Waals surface area contributed by atoms with Gasteiger partial charge in [0.25, 0.3) is 11.1 Å². The second-order valence-corrected chi connectivity index (χ2v) is 10.4. The molecule has 4 aromatic rings. The highest BCUT2D eigenvalue weighted by molar-refractivity contribution is 5.77. The zero-order chi connectivity index (χ0) is 27.8. The molecule has 0 saturated carbocycles. The number of benzene rings is 1. The molecule has 0 aliphatic carbocycles. The Morgan fingerprint density at radius 2 is 2.00 bits per heavy atom. The van der Waals surface area contributed by atoms with Crippen LogP contribution in [0.1, 0.15) is 39.3 Å². The first-order valence-corrected chi connectivity index (χ1v) is 13.2. The summed E-state index contributed by atoms with van der Waals surface area (Å²) in [6.07, 6.45) is 3.15. The van der Waals surface area contributed by atoms with Crippen molar-refractivity contribution in [1.29, 1.82) is 0 Å². The maximum atomic E-state index is 13.2. The number of anilines is 3. The third-order valence-electron chi connectivity index (χ3n) is 7.02. The Morgan fingerprint density at radius 3 is 2.72 bits per heavy atom. The molecule has 0 unspecified atom stereocenters.